The van der Waals surface area contributed by atoms with E-state index in [2.05, 4.69) is 47.8 Å². The van der Waals surface area contributed by atoms with E-state index in [1.807, 2.05) is 12.1 Å². The lowest BCUT2D eigenvalue weighted by Gasteiger charge is -2.03. The van der Waals surface area contributed by atoms with Gasteiger partial charge in [-0.1, -0.05) is 30.3 Å². The molecule has 0 aromatic heterocycles. The second-order valence-electron chi connectivity index (χ2n) is 3.63. The average molecular weight is 242 g/mol. The molecule has 3 heteroatoms. The number of thioether (sulfide) groups is 1. The minimum absolute atomic E-state index is 1.01. The van der Waals surface area contributed by atoms with E-state index in [-0.39, 0.29) is 0 Å². The van der Waals surface area contributed by atoms with Crippen molar-refractivity contribution in [2.75, 3.05) is 6.26 Å². The average Bonchev–Trinajstić information content (AvgIpc) is 2.40. The minimum Gasteiger partial charge on any atom is -0.323 e. The molecule has 0 amide bonds. The Balaban J connectivity index is 2.34. The lowest BCUT2D eigenvalue weighted by Crippen LogP contribution is -1.87. The second kappa shape index (κ2) is 5.55. The van der Waals surface area contributed by atoms with Crippen molar-refractivity contribution in [2.24, 2.45) is 10.9 Å². The largest absolute Gasteiger partial charge is 0.323 e. The number of benzene rings is 2. The molecule has 2 nitrogen and oxygen atoms in total. The fraction of sp³-hybridized carbons (Fsp3) is 0.0714. The Morgan fingerprint density at radius 1 is 1.06 bits per heavy atom. The summed E-state index contributed by atoms with van der Waals surface area (Å²) in [5.41, 5.74) is 3.39. The van der Waals surface area contributed by atoms with Crippen LogP contribution in [0, 0.1) is 0 Å². The molecule has 2 aromatic rings. The Hall–Kier alpha value is -1.74. The van der Waals surface area contributed by atoms with Crippen LogP contribution in [-0.4, -0.2) is 12.5 Å². The third-order valence-electron chi connectivity index (χ3n) is 2.53. The SMILES string of the molecule is CSc1ccc(-c2cccc(C=NN)c2)cc1. The molecule has 0 heterocycles. The zero-order valence-electron chi connectivity index (χ0n) is 9.63. The zero-order valence-corrected chi connectivity index (χ0v) is 10.4. The summed E-state index contributed by atoms with van der Waals surface area (Å²) in [6.07, 6.45) is 3.73. The highest BCUT2D eigenvalue weighted by molar-refractivity contribution is 7.98. The number of hydrogen-bond acceptors (Lipinski definition) is 3. The molecule has 17 heavy (non-hydrogen) atoms. The Morgan fingerprint density at radius 3 is 2.47 bits per heavy atom. The van der Waals surface area contributed by atoms with Gasteiger partial charge in [0, 0.05) is 4.90 Å². The number of hydrogen-bond donors (Lipinski definition) is 1. The van der Waals surface area contributed by atoms with Crippen molar-refractivity contribution in [1.82, 2.24) is 0 Å². The van der Waals surface area contributed by atoms with E-state index < -0.39 is 0 Å². The highest BCUT2D eigenvalue weighted by atomic mass is 32.2. The minimum atomic E-state index is 1.01. The van der Waals surface area contributed by atoms with Crippen LogP contribution < -0.4 is 5.84 Å². The van der Waals surface area contributed by atoms with Crippen molar-refractivity contribution in [3.05, 3.63) is 54.1 Å². The first kappa shape index (κ1) is 11.7. The molecule has 0 bridgehead atoms. The Labute approximate surface area is 106 Å². The summed E-state index contributed by atoms with van der Waals surface area (Å²) in [6.45, 7) is 0. The molecule has 0 aliphatic heterocycles. The molecule has 2 N–H and O–H groups in total. The van der Waals surface area contributed by atoms with Crippen molar-refractivity contribution in [1.29, 1.82) is 0 Å². The zero-order chi connectivity index (χ0) is 12.1. The van der Waals surface area contributed by atoms with Crippen LogP contribution in [0.15, 0.2) is 58.5 Å². The van der Waals surface area contributed by atoms with E-state index in [9.17, 15) is 0 Å². The van der Waals surface area contributed by atoms with Gasteiger partial charge in [0.1, 0.15) is 0 Å². The lowest BCUT2D eigenvalue weighted by atomic mass is 10.0. The predicted octanol–water partition coefficient (Wildman–Crippen LogP) is 3.37. The number of nitrogens with two attached hydrogens (primary N) is 1. The van der Waals surface area contributed by atoms with Crippen LogP contribution in [0.3, 0.4) is 0 Å². The normalized spacial score (nSPS) is 10.9. The lowest BCUT2D eigenvalue weighted by molar-refractivity contribution is 1.26. The maximum Gasteiger partial charge on any atom is 0.0538 e. The first-order valence-electron chi connectivity index (χ1n) is 5.31. The molecular formula is C14H14N2S. The molecule has 0 radical (unpaired) electrons. The van der Waals surface area contributed by atoms with E-state index in [0.29, 0.717) is 0 Å². The van der Waals surface area contributed by atoms with Crippen molar-refractivity contribution in [3.63, 3.8) is 0 Å². The molecule has 0 aliphatic rings. The van der Waals surface area contributed by atoms with Crippen LogP contribution in [0.4, 0.5) is 0 Å². The molecule has 0 saturated heterocycles. The smallest absolute Gasteiger partial charge is 0.0538 e. The topological polar surface area (TPSA) is 38.4 Å². The van der Waals surface area contributed by atoms with Gasteiger partial charge in [0.25, 0.3) is 0 Å². The molecule has 0 unspecified atom stereocenters. The molecule has 2 aromatic carbocycles. The summed E-state index contributed by atoms with van der Waals surface area (Å²) in [5, 5.41) is 3.54. The van der Waals surface area contributed by atoms with Crippen molar-refractivity contribution >= 4 is 18.0 Å². The Kier molecular flexibility index (Phi) is 3.83. The maximum absolute atomic E-state index is 5.15. The molecular weight excluding hydrogens is 228 g/mol. The number of hydrazone groups is 1. The summed E-state index contributed by atoms with van der Waals surface area (Å²) < 4.78 is 0. The van der Waals surface area contributed by atoms with Gasteiger partial charge in [-0.25, -0.2) is 0 Å². The molecule has 2 rings (SSSR count). The van der Waals surface area contributed by atoms with Crippen molar-refractivity contribution < 1.29 is 0 Å². The second-order valence-corrected chi connectivity index (χ2v) is 4.51. The monoisotopic (exact) mass is 242 g/mol. The van der Waals surface area contributed by atoms with Gasteiger partial charge >= 0.3 is 0 Å². The maximum atomic E-state index is 5.15. The van der Waals surface area contributed by atoms with Gasteiger partial charge in [-0.3, -0.25) is 0 Å². The van der Waals surface area contributed by atoms with Crippen LogP contribution in [-0.2, 0) is 0 Å². The summed E-state index contributed by atoms with van der Waals surface area (Å²) >= 11 is 1.75. The van der Waals surface area contributed by atoms with Crippen LogP contribution in [0.25, 0.3) is 11.1 Å². The van der Waals surface area contributed by atoms with Crippen LogP contribution in [0.2, 0.25) is 0 Å². The van der Waals surface area contributed by atoms with Gasteiger partial charge in [-0.15, -0.1) is 11.8 Å². The Bertz CT molecular complexity index is 518. The van der Waals surface area contributed by atoms with E-state index in [0.717, 1.165) is 5.56 Å². The number of rotatable bonds is 3. The molecule has 0 atom stereocenters. The van der Waals surface area contributed by atoms with E-state index in [4.69, 9.17) is 5.84 Å². The first-order valence-corrected chi connectivity index (χ1v) is 6.53. The van der Waals surface area contributed by atoms with Gasteiger partial charge < -0.3 is 5.84 Å². The predicted molar refractivity (Wildman–Crippen MR) is 75.4 cm³/mol. The van der Waals surface area contributed by atoms with Gasteiger partial charge in [-0.05, 0) is 41.1 Å². The summed E-state index contributed by atoms with van der Waals surface area (Å²) in [5.74, 6) is 5.15. The van der Waals surface area contributed by atoms with Crippen molar-refractivity contribution in [2.45, 2.75) is 4.90 Å². The third-order valence-corrected chi connectivity index (χ3v) is 3.28. The van der Waals surface area contributed by atoms with Gasteiger partial charge in [0.15, 0.2) is 0 Å². The van der Waals surface area contributed by atoms with E-state index in [1.165, 1.54) is 16.0 Å². The third kappa shape index (κ3) is 2.88. The van der Waals surface area contributed by atoms with Crippen LogP contribution >= 0.6 is 11.8 Å². The van der Waals surface area contributed by atoms with Gasteiger partial charge in [-0.2, -0.15) is 5.10 Å². The highest BCUT2D eigenvalue weighted by Gasteiger charge is 1.98. The Morgan fingerprint density at radius 2 is 1.82 bits per heavy atom. The van der Waals surface area contributed by atoms with Crippen LogP contribution in [0.1, 0.15) is 5.56 Å². The van der Waals surface area contributed by atoms with Gasteiger partial charge in [0.2, 0.25) is 0 Å². The molecule has 86 valence electrons. The highest BCUT2D eigenvalue weighted by Crippen LogP contribution is 2.23. The van der Waals surface area contributed by atoms with E-state index >= 15 is 0 Å². The number of nitrogens with zero attached hydrogens (tertiary/aromatic N) is 1. The summed E-state index contributed by atoms with van der Waals surface area (Å²) in [4.78, 5) is 1.27. The molecule has 0 aliphatic carbocycles. The fourth-order valence-corrected chi connectivity index (χ4v) is 2.08. The molecule has 0 saturated carbocycles. The summed E-state index contributed by atoms with van der Waals surface area (Å²) in [7, 11) is 0. The standard InChI is InChI=1S/C14H14N2S/c1-17-14-7-5-12(6-8-14)13-4-2-3-11(9-13)10-16-15/h2-10H,15H2,1H3. The molecule has 0 spiro atoms. The van der Waals surface area contributed by atoms with E-state index in [1.54, 1.807) is 18.0 Å². The van der Waals surface area contributed by atoms with Crippen molar-refractivity contribution in [3.8, 4) is 11.1 Å². The van der Waals surface area contributed by atoms with Gasteiger partial charge in [0.05, 0.1) is 6.21 Å². The molecule has 0 fully saturated rings. The quantitative estimate of drug-likeness (QED) is 0.388. The first-order chi connectivity index (χ1) is 8.33. The fourth-order valence-electron chi connectivity index (χ4n) is 1.67. The van der Waals surface area contributed by atoms with Crippen LogP contribution in [0.5, 0.6) is 0 Å². The summed E-state index contributed by atoms with van der Waals surface area (Å²) in [6, 6.07) is 16.7.